The molecule has 26 heavy (non-hydrogen) atoms. The largest absolute Gasteiger partial charge is 0.479 e. The number of hydrogen-bond acceptors (Lipinski definition) is 6. The molecule has 0 amide bonds. The number of aliphatic imine (C=N–C) groups is 1. The molecule has 0 fully saturated rings. The zero-order chi connectivity index (χ0) is 19.9. The van der Waals surface area contributed by atoms with Crippen LogP contribution in [0.25, 0.3) is 0 Å². The van der Waals surface area contributed by atoms with E-state index in [0.717, 1.165) is 30.7 Å². The third kappa shape index (κ3) is 6.51. The molecule has 9 heteroatoms. The zero-order valence-electron chi connectivity index (χ0n) is 14.6. The van der Waals surface area contributed by atoms with Gasteiger partial charge in [-0.2, -0.15) is 0 Å². The van der Waals surface area contributed by atoms with Gasteiger partial charge in [0.1, 0.15) is 5.83 Å². The number of hydrogen-bond donors (Lipinski definition) is 4. The number of fused-ring (bicyclic) bond motifs is 1. The Labute approximate surface area is 150 Å². The Kier molecular flexibility index (Phi) is 8.30. The molecule has 2 aliphatic rings. The van der Waals surface area contributed by atoms with Crippen LogP contribution in [0, 0.1) is 0 Å². The lowest BCUT2D eigenvalue weighted by Crippen LogP contribution is -2.39. The van der Waals surface area contributed by atoms with E-state index in [4.69, 9.17) is 20.4 Å². The standard InChI is InChI=1S/C13H17FN2.C4H6O6/c1-16(2)7-3-4-10-9-15-13-6-5-11(14)8-12(10)13;5-1(3(7)8)2(6)4(9)10/h5,8-9H,3-4,6-7H2,1-2H3;1-2,5-6H,(H,7,8)(H,9,10). The lowest BCUT2D eigenvalue weighted by molar-refractivity contribution is -0.165. The predicted molar refractivity (Wildman–Crippen MR) is 92.5 cm³/mol. The molecular formula is C17H23FN2O6. The van der Waals surface area contributed by atoms with Gasteiger partial charge in [-0.15, -0.1) is 0 Å². The van der Waals surface area contributed by atoms with Crippen LogP contribution in [0.4, 0.5) is 4.39 Å². The number of allylic oxidation sites excluding steroid dienone is 5. The topological polar surface area (TPSA) is 131 Å². The van der Waals surface area contributed by atoms with Crippen molar-refractivity contribution < 1.29 is 34.4 Å². The maximum Gasteiger partial charge on any atom is 0.335 e. The first-order valence-electron chi connectivity index (χ1n) is 7.93. The van der Waals surface area contributed by atoms with E-state index in [9.17, 15) is 14.0 Å². The summed E-state index contributed by atoms with van der Waals surface area (Å²) in [7, 11) is 4.13. The van der Waals surface area contributed by atoms with Crippen molar-refractivity contribution in [3.05, 3.63) is 35.3 Å². The predicted octanol–water partition coefficient (Wildman–Crippen LogP) is 0.728. The number of carboxylic acid groups (broad SMARTS) is 2. The SMILES string of the molecule is CN(C)CCCC1=CN=C2CC=C(F)C=C12.O=C(O)C(O)C(O)C(=O)O. The fourth-order valence-corrected chi connectivity index (χ4v) is 2.26. The van der Waals surface area contributed by atoms with Crippen LogP contribution in [-0.2, 0) is 9.59 Å². The third-order valence-electron chi connectivity index (χ3n) is 3.66. The normalized spacial score (nSPS) is 17.8. The first-order chi connectivity index (χ1) is 12.1. The quantitative estimate of drug-likeness (QED) is 0.519. The number of carboxylic acids is 2. The molecule has 1 heterocycles. The van der Waals surface area contributed by atoms with Crippen LogP contribution in [0.5, 0.6) is 0 Å². The van der Waals surface area contributed by atoms with Crippen molar-refractivity contribution in [1.82, 2.24) is 4.90 Å². The molecular weight excluding hydrogens is 347 g/mol. The minimum absolute atomic E-state index is 0.130. The van der Waals surface area contributed by atoms with Crippen molar-refractivity contribution in [1.29, 1.82) is 0 Å². The molecule has 2 atom stereocenters. The van der Waals surface area contributed by atoms with E-state index in [-0.39, 0.29) is 5.83 Å². The van der Waals surface area contributed by atoms with Crippen LogP contribution in [0.2, 0.25) is 0 Å². The first kappa shape index (κ1) is 21.7. The van der Waals surface area contributed by atoms with Gasteiger partial charge in [-0.1, -0.05) is 0 Å². The van der Waals surface area contributed by atoms with Gasteiger partial charge in [-0.3, -0.25) is 4.99 Å². The Morgan fingerprint density at radius 1 is 1.23 bits per heavy atom. The van der Waals surface area contributed by atoms with E-state index in [0.29, 0.717) is 6.42 Å². The van der Waals surface area contributed by atoms with Crippen molar-refractivity contribution >= 4 is 17.7 Å². The van der Waals surface area contributed by atoms with Crippen molar-refractivity contribution in [3.63, 3.8) is 0 Å². The average molecular weight is 370 g/mol. The second kappa shape index (κ2) is 9.95. The van der Waals surface area contributed by atoms with Crippen molar-refractivity contribution in [2.75, 3.05) is 20.6 Å². The summed E-state index contributed by atoms with van der Waals surface area (Å²) in [6.45, 7) is 1.05. The molecule has 0 aromatic heterocycles. The molecule has 0 aromatic rings. The summed E-state index contributed by atoms with van der Waals surface area (Å²) in [5.41, 5.74) is 3.21. The van der Waals surface area contributed by atoms with E-state index in [1.807, 2.05) is 6.20 Å². The summed E-state index contributed by atoms with van der Waals surface area (Å²) in [5, 5.41) is 32.5. The monoisotopic (exact) mass is 370 g/mol. The van der Waals surface area contributed by atoms with Gasteiger partial charge in [-0.05, 0) is 51.2 Å². The van der Waals surface area contributed by atoms with Gasteiger partial charge in [0.05, 0.1) is 5.71 Å². The van der Waals surface area contributed by atoms with E-state index < -0.39 is 24.1 Å². The highest BCUT2D eigenvalue weighted by atomic mass is 19.1. The highest BCUT2D eigenvalue weighted by Crippen LogP contribution is 2.29. The molecule has 4 N–H and O–H groups in total. The number of aliphatic hydroxyl groups is 2. The third-order valence-corrected chi connectivity index (χ3v) is 3.66. The summed E-state index contributed by atoms with van der Waals surface area (Å²) in [4.78, 5) is 26.0. The summed E-state index contributed by atoms with van der Waals surface area (Å²) in [6, 6.07) is 0. The number of aliphatic carboxylic acids is 2. The van der Waals surface area contributed by atoms with Crippen LogP contribution >= 0.6 is 0 Å². The zero-order valence-corrected chi connectivity index (χ0v) is 14.6. The molecule has 0 saturated heterocycles. The van der Waals surface area contributed by atoms with Crippen LogP contribution in [-0.4, -0.2) is 75.8 Å². The Hall–Kier alpha value is -2.36. The molecule has 0 radical (unpaired) electrons. The lowest BCUT2D eigenvalue weighted by Gasteiger charge is -2.12. The van der Waals surface area contributed by atoms with Crippen LogP contribution in [0.15, 0.2) is 40.3 Å². The molecule has 0 bridgehead atoms. The summed E-state index contributed by atoms with van der Waals surface area (Å²) < 4.78 is 13.1. The van der Waals surface area contributed by atoms with Crippen LogP contribution in [0.3, 0.4) is 0 Å². The van der Waals surface area contributed by atoms with Gasteiger partial charge < -0.3 is 25.3 Å². The lowest BCUT2D eigenvalue weighted by atomic mass is 9.94. The molecule has 2 unspecified atom stereocenters. The average Bonchev–Trinajstić information content (AvgIpc) is 2.96. The van der Waals surface area contributed by atoms with Gasteiger partial charge in [0.15, 0.2) is 12.2 Å². The minimum atomic E-state index is -2.27. The first-order valence-corrected chi connectivity index (χ1v) is 7.93. The summed E-state index contributed by atoms with van der Waals surface area (Å²) >= 11 is 0. The van der Waals surface area contributed by atoms with Gasteiger partial charge >= 0.3 is 11.9 Å². The number of halogens is 1. The maximum atomic E-state index is 13.1. The Balaban J connectivity index is 0.000000294. The number of nitrogens with zero attached hydrogens (tertiary/aromatic N) is 2. The van der Waals surface area contributed by atoms with Gasteiger partial charge in [-0.25, -0.2) is 14.0 Å². The van der Waals surface area contributed by atoms with E-state index in [2.05, 4.69) is 24.0 Å². The van der Waals surface area contributed by atoms with Gasteiger partial charge in [0, 0.05) is 18.2 Å². The second-order valence-corrected chi connectivity index (χ2v) is 6.05. The second-order valence-electron chi connectivity index (χ2n) is 6.05. The van der Waals surface area contributed by atoms with Crippen molar-refractivity contribution in [2.24, 2.45) is 4.99 Å². The Bertz CT molecular complexity index is 648. The highest BCUT2D eigenvalue weighted by molar-refractivity contribution is 6.08. The number of rotatable bonds is 7. The molecule has 0 aromatic carbocycles. The van der Waals surface area contributed by atoms with Crippen molar-refractivity contribution in [3.8, 4) is 0 Å². The molecule has 8 nitrogen and oxygen atoms in total. The van der Waals surface area contributed by atoms with E-state index >= 15 is 0 Å². The molecule has 2 rings (SSSR count). The fourth-order valence-electron chi connectivity index (χ4n) is 2.26. The van der Waals surface area contributed by atoms with E-state index in [1.165, 1.54) is 5.57 Å². The number of carbonyl (C=O) groups is 2. The molecule has 0 saturated carbocycles. The van der Waals surface area contributed by atoms with Crippen LogP contribution in [0.1, 0.15) is 19.3 Å². The maximum absolute atomic E-state index is 13.1. The highest BCUT2D eigenvalue weighted by Gasteiger charge is 2.29. The molecule has 1 aliphatic heterocycles. The van der Waals surface area contributed by atoms with Crippen molar-refractivity contribution in [2.45, 2.75) is 31.5 Å². The molecule has 1 aliphatic carbocycles. The minimum Gasteiger partial charge on any atom is -0.479 e. The fraction of sp³-hybridized carbons (Fsp3) is 0.471. The number of aliphatic hydroxyl groups excluding tert-OH is 2. The van der Waals surface area contributed by atoms with E-state index in [1.54, 1.807) is 12.2 Å². The van der Waals surface area contributed by atoms with Gasteiger partial charge in [0.2, 0.25) is 0 Å². The Morgan fingerprint density at radius 2 is 1.81 bits per heavy atom. The van der Waals surface area contributed by atoms with Crippen LogP contribution < -0.4 is 0 Å². The van der Waals surface area contributed by atoms with Gasteiger partial charge in [0.25, 0.3) is 0 Å². The smallest absolute Gasteiger partial charge is 0.335 e. The molecule has 0 spiro atoms. The summed E-state index contributed by atoms with van der Waals surface area (Å²) in [6.07, 6.45) is 3.24. The summed E-state index contributed by atoms with van der Waals surface area (Å²) in [5.74, 6) is -3.67. The Morgan fingerprint density at radius 3 is 2.31 bits per heavy atom. The molecule has 144 valence electrons.